The third-order valence-corrected chi connectivity index (χ3v) is 2.54. The number of aliphatic hydroxyl groups excluding tert-OH is 1. The molecule has 0 amide bonds. The average Bonchev–Trinajstić information content (AvgIpc) is 2.52. The minimum absolute atomic E-state index is 0.282. The number of hydrogen-bond donors (Lipinski definition) is 2. The van der Waals surface area contributed by atoms with Gasteiger partial charge < -0.3 is 10.4 Å². The van der Waals surface area contributed by atoms with Gasteiger partial charge in [-0.05, 0) is 18.8 Å². The van der Waals surface area contributed by atoms with Crippen LogP contribution in [0, 0.1) is 17.2 Å². The van der Waals surface area contributed by atoms with Gasteiger partial charge in [0.1, 0.15) is 0 Å². The van der Waals surface area contributed by atoms with Crippen LogP contribution in [0.15, 0.2) is 0 Å². The summed E-state index contributed by atoms with van der Waals surface area (Å²) in [7, 11) is 0. The van der Waals surface area contributed by atoms with Crippen LogP contribution in [0.25, 0.3) is 0 Å². The Bertz CT molecular complexity index is 164. The highest BCUT2D eigenvalue weighted by Crippen LogP contribution is 2.24. The van der Waals surface area contributed by atoms with Crippen molar-refractivity contribution in [3.05, 3.63) is 0 Å². The lowest BCUT2D eigenvalue weighted by Crippen LogP contribution is -2.34. The van der Waals surface area contributed by atoms with Crippen molar-refractivity contribution in [1.82, 2.24) is 5.32 Å². The lowest BCUT2D eigenvalue weighted by Gasteiger charge is -2.17. The Morgan fingerprint density at radius 1 is 1.50 bits per heavy atom. The number of aliphatic hydroxyl groups is 1. The van der Waals surface area contributed by atoms with Gasteiger partial charge in [-0.15, -0.1) is 0 Å². The van der Waals surface area contributed by atoms with Crippen LogP contribution in [0.5, 0.6) is 0 Å². The van der Waals surface area contributed by atoms with Crippen molar-refractivity contribution in [3.63, 3.8) is 0 Å². The van der Waals surface area contributed by atoms with E-state index in [1.54, 1.807) is 0 Å². The minimum atomic E-state index is 0.282. The lowest BCUT2D eigenvalue weighted by atomic mass is 10.1. The molecule has 2 N–H and O–H groups in total. The number of hydrogen-bond acceptors (Lipinski definition) is 3. The molecule has 0 aromatic rings. The fraction of sp³-hybridized carbons (Fsp3) is 0.889. The Kier molecular flexibility index (Phi) is 4.06. The monoisotopic (exact) mass is 168 g/mol. The number of rotatable bonds is 4. The molecule has 2 atom stereocenters. The van der Waals surface area contributed by atoms with Crippen molar-refractivity contribution >= 4 is 0 Å². The van der Waals surface area contributed by atoms with Crippen LogP contribution in [0.2, 0.25) is 0 Å². The maximum absolute atomic E-state index is 8.99. The van der Waals surface area contributed by atoms with E-state index in [4.69, 9.17) is 10.4 Å². The average molecular weight is 168 g/mol. The van der Waals surface area contributed by atoms with E-state index >= 15 is 0 Å². The molecule has 0 aromatic heterocycles. The maximum atomic E-state index is 8.99. The van der Waals surface area contributed by atoms with Crippen molar-refractivity contribution in [3.8, 4) is 6.07 Å². The van der Waals surface area contributed by atoms with Gasteiger partial charge in [-0.1, -0.05) is 6.42 Å². The molecule has 3 nitrogen and oxygen atoms in total. The zero-order valence-corrected chi connectivity index (χ0v) is 7.29. The molecule has 2 unspecified atom stereocenters. The van der Waals surface area contributed by atoms with E-state index in [-0.39, 0.29) is 6.61 Å². The van der Waals surface area contributed by atoms with Crippen molar-refractivity contribution < 1.29 is 5.11 Å². The second-order valence-electron chi connectivity index (χ2n) is 3.34. The fourth-order valence-electron chi connectivity index (χ4n) is 1.84. The third-order valence-electron chi connectivity index (χ3n) is 2.54. The Labute approximate surface area is 73.4 Å². The van der Waals surface area contributed by atoms with E-state index in [1.807, 2.05) is 0 Å². The summed E-state index contributed by atoms with van der Waals surface area (Å²) >= 11 is 0. The SMILES string of the molecule is N#CCCNC1CCCC1CO. The molecule has 3 heteroatoms. The zero-order chi connectivity index (χ0) is 8.81. The molecule has 0 saturated heterocycles. The molecular formula is C9H16N2O. The first-order valence-corrected chi connectivity index (χ1v) is 4.59. The molecule has 0 aromatic carbocycles. The molecule has 1 rings (SSSR count). The van der Waals surface area contributed by atoms with Crippen molar-refractivity contribution in [2.24, 2.45) is 5.92 Å². The highest BCUT2D eigenvalue weighted by Gasteiger charge is 2.25. The second-order valence-corrected chi connectivity index (χ2v) is 3.34. The first-order chi connectivity index (χ1) is 5.88. The molecular weight excluding hydrogens is 152 g/mol. The smallest absolute Gasteiger partial charge is 0.0635 e. The van der Waals surface area contributed by atoms with Gasteiger partial charge in [-0.25, -0.2) is 0 Å². The van der Waals surface area contributed by atoms with Crippen molar-refractivity contribution in [2.45, 2.75) is 31.7 Å². The molecule has 0 bridgehead atoms. The van der Waals surface area contributed by atoms with Crippen molar-refractivity contribution in [1.29, 1.82) is 5.26 Å². The van der Waals surface area contributed by atoms with E-state index in [2.05, 4.69) is 11.4 Å². The largest absolute Gasteiger partial charge is 0.396 e. The molecule has 1 saturated carbocycles. The molecule has 0 heterocycles. The van der Waals surface area contributed by atoms with E-state index in [1.165, 1.54) is 6.42 Å². The summed E-state index contributed by atoms with van der Waals surface area (Å²) in [5.41, 5.74) is 0. The van der Waals surface area contributed by atoms with Crippen molar-refractivity contribution in [2.75, 3.05) is 13.2 Å². The zero-order valence-electron chi connectivity index (χ0n) is 7.29. The Morgan fingerprint density at radius 3 is 3.00 bits per heavy atom. The highest BCUT2D eigenvalue weighted by atomic mass is 16.3. The van der Waals surface area contributed by atoms with Gasteiger partial charge in [0.25, 0.3) is 0 Å². The summed E-state index contributed by atoms with van der Waals surface area (Å²) in [5, 5.41) is 20.6. The van der Waals surface area contributed by atoms with Gasteiger partial charge in [-0.2, -0.15) is 5.26 Å². The summed E-state index contributed by atoms with van der Waals surface area (Å²) in [5.74, 6) is 0.420. The summed E-state index contributed by atoms with van der Waals surface area (Å²) in [6.45, 7) is 1.04. The number of nitrogens with one attached hydrogen (secondary N) is 1. The minimum Gasteiger partial charge on any atom is -0.396 e. The molecule has 0 spiro atoms. The summed E-state index contributed by atoms with van der Waals surface area (Å²) in [6.07, 6.45) is 4.04. The Hall–Kier alpha value is -0.590. The normalized spacial score (nSPS) is 28.7. The molecule has 1 fully saturated rings. The van der Waals surface area contributed by atoms with Gasteiger partial charge in [0.15, 0.2) is 0 Å². The molecule has 12 heavy (non-hydrogen) atoms. The summed E-state index contributed by atoms with van der Waals surface area (Å²) in [4.78, 5) is 0. The van der Waals surface area contributed by atoms with E-state index in [0.29, 0.717) is 18.4 Å². The number of nitrogens with zero attached hydrogens (tertiary/aromatic N) is 1. The van der Waals surface area contributed by atoms with E-state index in [9.17, 15) is 0 Å². The first kappa shape index (κ1) is 9.50. The molecule has 68 valence electrons. The summed E-state index contributed by atoms with van der Waals surface area (Å²) < 4.78 is 0. The van der Waals surface area contributed by atoms with Gasteiger partial charge in [0.05, 0.1) is 6.07 Å². The topological polar surface area (TPSA) is 56.0 Å². The van der Waals surface area contributed by atoms with Gasteiger partial charge in [0.2, 0.25) is 0 Å². The Morgan fingerprint density at radius 2 is 2.33 bits per heavy atom. The van der Waals surface area contributed by atoms with Crippen LogP contribution in [0.1, 0.15) is 25.7 Å². The van der Waals surface area contributed by atoms with Gasteiger partial charge in [-0.3, -0.25) is 0 Å². The molecule has 1 aliphatic carbocycles. The lowest BCUT2D eigenvalue weighted by molar-refractivity contribution is 0.206. The molecule has 0 radical (unpaired) electrons. The summed E-state index contributed by atoms with van der Waals surface area (Å²) in [6, 6.07) is 2.55. The predicted octanol–water partition coefficient (Wildman–Crippen LogP) is 0.651. The number of nitriles is 1. The predicted molar refractivity (Wildman–Crippen MR) is 46.4 cm³/mol. The van der Waals surface area contributed by atoms with Crippen LogP contribution >= 0.6 is 0 Å². The van der Waals surface area contributed by atoms with Crippen LogP contribution in [-0.4, -0.2) is 24.3 Å². The maximum Gasteiger partial charge on any atom is 0.0635 e. The fourth-order valence-corrected chi connectivity index (χ4v) is 1.84. The van der Waals surface area contributed by atoms with E-state index in [0.717, 1.165) is 19.4 Å². The second kappa shape index (κ2) is 5.13. The molecule has 1 aliphatic rings. The first-order valence-electron chi connectivity index (χ1n) is 4.59. The quantitative estimate of drug-likeness (QED) is 0.606. The van der Waals surface area contributed by atoms with Crippen LogP contribution < -0.4 is 5.32 Å². The van der Waals surface area contributed by atoms with Gasteiger partial charge in [0, 0.05) is 25.6 Å². The standard InChI is InChI=1S/C9H16N2O/c10-5-2-6-11-9-4-1-3-8(9)7-12/h8-9,11-12H,1-4,6-7H2. The highest BCUT2D eigenvalue weighted by molar-refractivity contribution is 4.83. The van der Waals surface area contributed by atoms with Crippen LogP contribution in [0.3, 0.4) is 0 Å². The Balaban J connectivity index is 2.18. The third kappa shape index (κ3) is 2.47. The van der Waals surface area contributed by atoms with Crippen LogP contribution in [0.4, 0.5) is 0 Å². The van der Waals surface area contributed by atoms with E-state index < -0.39 is 0 Å². The van der Waals surface area contributed by atoms with Gasteiger partial charge >= 0.3 is 0 Å². The molecule has 0 aliphatic heterocycles. The van der Waals surface area contributed by atoms with Crippen LogP contribution in [-0.2, 0) is 0 Å².